The van der Waals surface area contributed by atoms with E-state index in [1.807, 2.05) is 12.1 Å². The number of aliphatic hydroxyl groups is 1. The molecule has 7 nitrogen and oxygen atoms in total. The molecule has 0 aliphatic heterocycles. The Balaban J connectivity index is 1.78. The summed E-state index contributed by atoms with van der Waals surface area (Å²) < 4.78 is 2.06. The van der Waals surface area contributed by atoms with Crippen molar-refractivity contribution in [3.8, 4) is 0 Å². The van der Waals surface area contributed by atoms with Gasteiger partial charge in [-0.3, -0.25) is 4.79 Å². The Labute approximate surface area is 197 Å². The highest BCUT2D eigenvalue weighted by molar-refractivity contribution is 6.30. The quantitative estimate of drug-likeness (QED) is 0.342. The van der Waals surface area contributed by atoms with Crippen LogP contribution < -0.4 is 5.32 Å². The Hall–Kier alpha value is -3.58. The number of allylic oxidation sites excluding steroid dienone is 1. The number of carboxylic acid groups (broad SMARTS) is 1. The summed E-state index contributed by atoms with van der Waals surface area (Å²) in [5.74, 6) is -0.742. The van der Waals surface area contributed by atoms with E-state index in [1.54, 1.807) is 30.3 Å². The number of aryl methyl sites for hydroxylation is 1. The van der Waals surface area contributed by atoms with Crippen molar-refractivity contribution in [3.05, 3.63) is 94.2 Å². The first-order chi connectivity index (χ1) is 15.9. The zero-order valence-corrected chi connectivity index (χ0v) is 19.0. The van der Waals surface area contributed by atoms with E-state index in [-0.39, 0.29) is 11.1 Å². The van der Waals surface area contributed by atoms with Gasteiger partial charge in [0, 0.05) is 25.1 Å². The van der Waals surface area contributed by atoms with E-state index in [4.69, 9.17) is 16.7 Å². The lowest BCUT2D eigenvalue weighted by Gasteiger charge is -2.13. The average molecular weight is 468 g/mol. The minimum atomic E-state index is -1.15. The van der Waals surface area contributed by atoms with Crippen LogP contribution in [-0.2, 0) is 19.4 Å². The maximum absolute atomic E-state index is 12.6. The molecule has 3 rings (SSSR count). The van der Waals surface area contributed by atoms with Crippen LogP contribution in [0.4, 0.5) is 5.69 Å². The Morgan fingerprint density at radius 2 is 1.82 bits per heavy atom. The maximum atomic E-state index is 12.6. The molecular weight excluding hydrogens is 442 g/mol. The van der Waals surface area contributed by atoms with Crippen molar-refractivity contribution in [3.63, 3.8) is 0 Å². The summed E-state index contributed by atoms with van der Waals surface area (Å²) in [5.41, 5.74) is 2.43. The normalized spacial score (nSPS) is 11.1. The molecule has 0 radical (unpaired) electrons. The number of aliphatic hydroxyl groups excluding tert-OH is 1. The molecule has 0 atom stereocenters. The van der Waals surface area contributed by atoms with Crippen molar-refractivity contribution in [1.29, 1.82) is 0 Å². The monoisotopic (exact) mass is 467 g/mol. The van der Waals surface area contributed by atoms with E-state index in [0.29, 0.717) is 23.8 Å². The predicted molar refractivity (Wildman–Crippen MR) is 128 cm³/mol. The molecule has 0 saturated carbocycles. The summed E-state index contributed by atoms with van der Waals surface area (Å²) in [4.78, 5) is 28.5. The minimum absolute atomic E-state index is 0.0485. The fourth-order valence-electron chi connectivity index (χ4n) is 3.52. The third kappa shape index (κ3) is 6.02. The van der Waals surface area contributed by atoms with E-state index in [2.05, 4.69) is 21.8 Å². The summed E-state index contributed by atoms with van der Waals surface area (Å²) in [5, 5.41) is 21.5. The number of hydrogen-bond donors (Lipinski definition) is 3. The molecule has 0 saturated heterocycles. The molecule has 3 N–H and O–H groups in total. The van der Waals surface area contributed by atoms with Crippen molar-refractivity contribution < 1.29 is 19.8 Å². The Bertz CT molecular complexity index is 1150. The lowest BCUT2D eigenvalue weighted by molar-refractivity contribution is 0.0692. The number of aromatic nitrogens is 2. The average Bonchev–Trinajstić information content (AvgIpc) is 3.11. The van der Waals surface area contributed by atoms with Crippen LogP contribution in [-0.4, -0.2) is 31.6 Å². The highest BCUT2D eigenvalue weighted by atomic mass is 35.5. The number of nitrogens with one attached hydrogen (secondary N) is 1. The maximum Gasteiger partial charge on any atom is 0.336 e. The Morgan fingerprint density at radius 3 is 2.45 bits per heavy atom. The molecule has 0 bridgehead atoms. The Kier molecular flexibility index (Phi) is 8.27. The largest absolute Gasteiger partial charge is 0.516 e. The third-order valence-electron chi connectivity index (χ3n) is 5.23. The summed E-state index contributed by atoms with van der Waals surface area (Å²) in [6.45, 7) is 2.66. The standard InChI is InChI=1S/C25H26ClN3O4/c1-2-3-10-22-28-23(26)21(9-6-15-30)29(22)16-17-11-13-18(14-12-17)27-24(31)19-7-4-5-8-20(19)25(32)33/h4-8,11-15,30H,2-3,9-10,16H2,1H3,(H,27,31)(H,32,33). The van der Waals surface area contributed by atoms with Crippen LogP contribution in [0, 0.1) is 0 Å². The van der Waals surface area contributed by atoms with Crippen LogP contribution in [0.2, 0.25) is 5.15 Å². The summed E-state index contributed by atoms with van der Waals surface area (Å²) in [6, 6.07) is 13.4. The zero-order chi connectivity index (χ0) is 23.8. The van der Waals surface area contributed by atoms with Gasteiger partial charge in [0.05, 0.1) is 23.1 Å². The lowest BCUT2D eigenvalue weighted by atomic mass is 10.1. The summed E-state index contributed by atoms with van der Waals surface area (Å²) in [7, 11) is 0. The first kappa shape index (κ1) is 24.1. The molecular formula is C25H26ClN3O4. The van der Waals surface area contributed by atoms with Crippen LogP contribution in [0.1, 0.15) is 57.6 Å². The first-order valence-corrected chi connectivity index (χ1v) is 11.1. The number of aromatic carboxylic acids is 1. The number of halogens is 1. The van der Waals surface area contributed by atoms with Gasteiger partial charge in [0.1, 0.15) is 5.82 Å². The number of hydrogen-bond acceptors (Lipinski definition) is 4. The van der Waals surface area contributed by atoms with Gasteiger partial charge in [0.2, 0.25) is 0 Å². The van der Waals surface area contributed by atoms with Crippen LogP contribution in [0.5, 0.6) is 0 Å². The highest BCUT2D eigenvalue weighted by Gasteiger charge is 2.17. The van der Waals surface area contributed by atoms with Crippen LogP contribution >= 0.6 is 11.6 Å². The van der Waals surface area contributed by atoms with Gasteiger partial charge in [0.15, 0.2) is 5.15 Å². The zero-order valence-electron chi connectivity index (χ0n) is 18.3. The number of anilines is 1. The van der Waals surface area contributed by atoms with E-state index in [1.165, 1.54) is 12.1 Å². The van der Waals surface area contributed by atoms with Crippen LogP contribution in [0.15, 0.2) is 60.9 Å². The highest BCUT2D eigenvalue weighted by Crippen LogP contribution is 2.22. The van der Waals surface area contributed by atoms with Crippen molar-refractivity contribution in [1.82, 2.24) is 9.55 Å². The second kappa shape index (κ2) is 11.3. The fourth-order valence-corrected chi connectivity index (χ4v) is 3.80. The van der Waals surface area contributed by atoms with E-state index >= 15 is 0 Å². The summed E-state index contributed by atoms with van der Waals surface area (Å²) >= 11 is 6.37. The predicted octanol–water partition coefficient (Wildman–Crippen LogP) is 5.49. The smallest absolute Gasteiger partial charge is 0.336 e. The van der Waals surface area contributed by atoms with Crippen LogP contribution in [0.25, 0.3) is 0 Å². The van der Waals surface area contributed by atoms with Gasteiger partial charge in [-0.15, -0.1) is 0 Å². The van der Waals surface area contributed by atoms with Crippen molar-refractivity contribution in [2.75, 3.05) is 5.32 Å². The van der Waals surface area contributed by atoms with Crippen molar-refractivity contribution in [2.45, 2.75) is 39.2 Å². The number of imidazole rings is 1. The van der Waals surface area contributed by atoms with Crippen molar-refractivity contribution >= 4 is 29.2 Å². The fraction of sp³-hybridized carbons (Fsp3) is 0.240. The molecule has 0 spiro atoms. The molecule has 3 aromatic rings. The molecule has 1 aromatic heterocycles. The van der Waals surface area contributed by atoms with Gasteiger partial charge < -0.3 is 20.1 Å². The number of carboxylic acids is 1. The van der Waals surface area contributed by atoms with Gasteiger partial charge in [-0.25, -0.2) is 9.78 Å². The van der Waals surface area contributed by atoms with Gasteiger partial charge in [0.25, 0.3) is 5.91 Å². The molecule has 172 valence electrons. The third-order valence-corrected chi connectivity index (χ3v) is 5.53. The topological polar surface area (TPSA) is 104 Å². The van der Waals surface area contributed by atoms with Crippen molar-refractivity contribution in [2.24, 2.45) is 0 Å². The van der Waals surface area contributed by atoms with E-state index in [0.717, 1.165) is 42.6 Å². The van der Waals surface area contributed by atoms with Gasteiger partial charge >= 0.3 is 5.97 Å². The van der Waals surface area contributed by atoms with Gasteiger partial charge in [-0.05, 0) is 42.3 Å². The number of carbonyl (C=O) groups is 2. The molecule has 1 heterocycles. The minimum Gasteiger partial charge on any atom is -0.516 e. The molecule has 33 heavy (non-hydrogen) atoms. The molecule has 0 aliphatic rings. The Morgan fingerprint density at radius 1 is 1.12 bits per heavy atom. The van der Waals surface area contributed by atoms with Gasteiger partial charge in [-0.1, -0.05) is 49.2 Å². The number of benzene rings is 2. The molecule has 0 aliphatic carbocycles. The summed E-state index contributed by atoms with van der Waals surface area (Å²) in [6.07, 6.45) is 5.92. The van der Waals surface area contributed by atoms with Gasteiger partial charge in [-0.2, -0.15) is 0 Å². The number of amides is 1. The number of unbranched alkanes of at least 4 members (excludes halogenated alkanes) is 1. The molecule has 2 aromatic carbocycles. The molecule has 8 heteroatoms. The van der Waals surface area contributed by atoms with Crippen LogP contribution in [0.3, 0.4) is 0 Å². The van der Waals surface area contributed by atoms with E-state index in [9.17, 15) is 14.7 Å². The number of rotatable bonds is 10. The first-order valence-electron chi connectivity index (χ1n) is 10.7. The second-order valence-electron chi connectivity index (χ2n) is 7.55. The molecule has 1 amide bonds. The lowest BCUT2D eigenvalue weighted by Crippen LogP contribution is -2.16. The number of nitrogens with zero attached hydrogens (tertiary/aromatic N) is 2. The number of carbonyl (C=O) groups excluding carboxylic acids is 1. The van der Waals surface area contributed by atoms with E-state index < -0.39 is 11.9 Å². The molecule has 0 fully saturated rings. The SMILES string of the molecule is CCCCc1nc(Cl)c(CC=CO)n1Cc1ccc(NC(=O)c2ccccc2C(=O)O)cc1. The molecule has 0 unspecified atom stereocenters. The second-order valence-corrected chi connectivity index (χ2v) is 7.90.